The molecule has 0 spiro atoms. The molecule has 1 amide bonds. The predicted octanol–water partition coefficient (Wildman–Crippen LogP) is 3.25. The van der Waals surface area contributed by atoms with Gasteiger partial charge in [0.25, 0.3) is 0 Å². The number of methoxy groups -OCH3 is 1. The van der Waals surface area contributed by atoms with E-state index in [1.54, 1.807) is 18.2 Å². The number of carbonyl (C=O) groups excluding carboxylic acids is 1. The second-order valence-electron chi connectivity index (χ2n) is 5.07. The molecule has 112 valence electrons. The Balaban J connectivity index is 2.36. The Morgan fingerprint density at radius 1 is 1.30 bits per heavy atom. The summed E-state index contributed by atoms with van der Waals surface area (Å²) in [7, 11) is 1.54. The highest BCUT2D eigenvalue weighted by atomic mass is 35.5. The molecule has 1 aromatic rings. The van der Waals surface area contributed by atoms with Gasteiger partial charge >= 0.3 is 6.09 Å². The van der Waals surface area contributed by atoms with Gasteiger partial charge in [-0.15, -0.1) is 0 Å². The van der Waals surface area contributed by atoms with Crippen molar-refractivity contribution in [2.24, 2.45) is 0 Å². The van der Waals surface area contributed by atoms with Gasteiger partial charge in [-0.2, -0.15) is 0 Å². The number of nitrogens with one attached hydrogen (secondary N) is 1. The fraction of sp³-hybridized carbons (Fsp3) is 0.500. The number of ether oxygens (including phenoxy) is 3. The Bertz CT molecular complexity index is 457. The zero-order valence-corrected chi connectivity index (χ0v) is 12.9. The lowest BCUT2D eigenvalue weighted by Gasteiger charge is -2.19. The van der Waals surface area contributed by atoms with Gasteiger partial charge < -0.3 is 19.5 Å². The molecule has 0 aliphatic rings. The third-order valence-electron chi connectivity index (χ3n) is 2.15. The Morgan fingerprint density at radius 3 is 2.60 bits per heavy atom. The Labute approximate surface area is 124 Å². The zero-order chi connectivity index (χ0) is 15.2. The first-order valence-electron chi connectivity index (χ1n) is 6.25. The van der Waals surface area contributed by atoms with Gasteiger partial charge in [0, 0.05) is 11.1 Å². The van der Waals surface area contributed by atoms with Crippen LogP contribution in [0.5, 0.6) is 11.5 Å². The maximum atomic E-state index is 11.4. The molecule has 1 N–H and O–H groups in total. The van der Waals surface area contributed by atoms with Crippen LogP contribution >= 0.6 is 11.6 Å². The molecule has 0 saturated carbocycles. The molecule has 0 bridgehead atoms. The van der Waals surface area contributed by atoms with Crippen LogP contribution in [0.15, 0.2) is 18.2 Å². The van der Waals surface area contributed by atoms with Crippen LogP contribution in [0.4, 0.5) is 4.79 Å². The van der Waals surface area contributed by atoms with Crippen LogP contribution in [-0.4, -0.2) is 32.0 Å². The first-order chi connectivity index (χ1) is 9.31. The molecule has 0 radical (unpaired) electrons. The average molecular weight is 302 g/mol. The van der Waals surface area contributed by atoms with E-state index in [1.165, 1.54) is 7.11 Å². The van der Waals surface area contributed by atoms with E-state index in [2.05, 4.69) is 5.32 Å². The lowest BCUT2D eigenvalue weighted by Crippen LogP contribution is -2.34. The van der Waals surface area contributed by atoms with E-state index < -0.39 is 11.7 Å². The molecule has 0 heterocycles. The van der Waals surface area contributed by atoms with E-state index in [-0.39, 0.29) is 0 Å². The summed E-state index contributed by atoms with van der Waals surface area (Å²) in [6, 6.07) is 5.09. The molecule has 5 nitrogen and oxygen atoms in total. The molecule has 6 heteroatoms. The van der Waals surface area contributed by atoms with Gasteiger partial charge in [-0.25, -0.2) is 4.79 Å². The summed E-state index contributed by atoms with van der Waals surface area (Å²) in [5.74, 6) is 1.12. The largest absolute Gasteiger partial charge is 0.493 e. The Kier molecular flexibility index (Phi) is 5.95. The first kappa shape index (κ1) is 16.4. The van der Waals surface area contributed by atoms with Crippen molar-refractivity contribution in [3.8, 4) is 11.5 Å². The van der Waals surface area contributed by atoms with Crippen molar-refractivity contribution in [3.05, 3.63) is 23.2 Å². The second kappa shape index (κ2) is 7.24. The lowest BCUT2D eigenvalue weighted by molar-refractivity contribution is 0.0520. The quantitative estimate of drug-likeness (QED) is 0.848. The summed E-state index contributed by atoms with van der Waals surface area (Å²) in [6.07, 6.45) is -0.468. The molecular formula is C14H20ClNO4. The fourth-order valence-electron chi connectivity index (χ4n) is 1.39. The summed E-state index contributed by atoms with van der Waals surface area (Å²) >= 11 is 5.85. The summed E-state index contributed by atoms with van der Waals surface area (Å²) < 4.78 is 15.8. The SMILES string of the molecule is COc1cc(Cl)ccc1OCCNC(=O)OC(C)(C)C. The summed E-state index contributed by atoms with van der Waals surface area (Å²) in [5.41, 5.74) is -0.510. The molecule has 20 heavy (non-hydrogen) atoms. The molecule has 0 aliphatic heterocycles. The molecule has 0 aromatic heterocycles. The number of amides is 1. The number of hydrogen-bond donors (Lipinski definition) is 1. The number of carbonyl (C=O) groups is 1. The van der Waals surface area contributed by atoms with E-state index in [0.29, 0.717) is 29.7 Å². The van der Waals surface area contributed by atoms with Gasteiger partial charge in [-0.1, -0.05) is 11.6 Å². The third-order valence-corrected chi connectivity index (χ3v) is 2.39. The first-order valence-corrected chi connectivity index (χ1v) is 6.63. The van der Waals surface area contributed by atoms with Gasteiger partial charge in [-0.3, -0.25) is 0 Å². The Morgan fingerprint density at radius 2 is 2.00 bits per heavy atom. The smallest absolute Gasteiger partial charge is 0.407 e. The van der Waals surface area contributed by atoms with Crippen LogP contribution < -0.4 is 14.8 Å². The molecule has 1 rings (SSSR count). The number of hydrogen-bond acceptors (Lipinski definition) is 4. The van der Waals surface area contributed by atoms with Crippen molar-refractivity contribution in [2.75, 3.05) is 20.3 Å². The number of alkyl carbamates (subject to hydrolysis) is 1. The number of rotatable bonds is 5. The van der Waals surface area contributed by atoms with E-state index in [4.69, 9.17) is 25.8 Å². The summed E-state index contributed by atoms with van der Waals surface area (Å²) in [6.45, 7) is 6.06. The highest BCUT2D eigenvalue weighted by molar-refractivity contribution is 6.30. The topological polar surface area (TPSA) is 56.8 Å². The molecule has 0 fully saturated rings. The van der Waals surface area contributed by atoms with Crippen LogP contribution in [-0.2, 0) is 4.74 Å². The third kappa shape index (κ3) is 6.02. The highest BCUT2D eigenvalue weighted by Crippen LogP contribution is 2.29. The molecule has 0 aliphatic carbocycles. The van der Waals surface area contributed by atoms with E-state index in [9.17, 15) is 4.79 Å². The van der Waals surface area contributed by atoms with Crippen LogP contribution in [0, 0.1) is 0 Å². The van der Waals surface area contributed by atoms with Crippen molar-refractivity contribution in [1.82, 2.24) is 5.32 Å². The van der Waals surface area contributed by atoms with Crippen LogP contribution in [0.2, 0.25) is 5.02 Å². The summed E-state index contributed by atoms with van der Waals surface area (Å²) in [5, 5.41) is 3.18. The molecule has 1 aromatic carbocycles. The maximum absolute atomic E-state index is 11.4. The highest BCUT2D eigenvalue weighted by Gasteiger charge is 2.15. The normalized spacial score (nSPS) is 10.8. The molecule has 0 unspecified atom stereocenters. The van der Waals surface area contributed by atoms with E-state index in [0.717, 1.165) is 0 Å². The lowest BCUT2D eigenvalue weighted by atomic mass is 10.2. The van der Waals surface area contributed by atoms with Crippen LogP contribution in [0.3, 0.4) is 0 Å². The average Bonchev–Trinajstić information content (AvgIpc) is 2.33. The van der Waals surface area contributed by atoms with Crippen LogP contribution in [0.1, 0.15) is 20.8 Å². The second-order valence-corrected chi connectivity index (χ2v) is 5.51. The minimum atomic E-state index is -0.510. The van der Waals surface area contributed by atoms with Gasteiger partial charge in [-0.05, 0) is 32.9 Å². The monoisotopic (exact) mass is 301 g/mol. The molecule has 0 saturated heterocycles. The van der Waals surface area contributed by atoms with Gasteiger partial charge in [0.15, 0.2) is 11.5 Å². The van der Waals surface area contributed by atoms with Crippen molar-refractivity contribution in [2.45, 2.75) is 26.4 Å². The van der Waals surface area contributed by atoms with Gasteiger partial charge in [0.2, 0.25) is 0 Å². The predicted molar refractivity (Wildman–Crippen MR) is 77.7 cm³/mol. The van der Waals surface area contributed by atoms with Gasteiger partial charge in [0.1, 0.15) is 12.2 Å². The number of halogens is 1. The van der Waals surface area contributed by atoms with E-state index in [1.807, 2.05) is 20.8 Å². The zero-order valence-electron chi connectivity index (χ0n) is 12.2. The van der Waals surface area contributed by atoms with Crippen molar-refractivity contribution < 1.29 is 19.0 Å². The minimum Gasteiger partial charge on any atom is -0.493 e. The fourth-order valence-corrected chi connectivity index (χ4v) is 1.55. The Hall–Kier alpha value is -1.62. The van der Waals surface area contributed by atoms with Gasteiger partial charge in [0.05, 0.1) is 13.7 Å². The standard InChI is InChI=1S/C14H20ClNO4/c1-14(2,3)20-13(17)16-7-8-19-11-6-5-10(15)9-12(11)18-4/h5-6,9H,7-8H2,1-4H3,(H,16,17). The van der Waals surface area contributed by atoms with Crippen LogP contribution in [0.25, 0.3) is 0 Å². The van der Waals surface area contributed by atoms with Crippen molar-refractivity contribution in [3.63, 3.8) is 0 Å². The van der Waals surface area contributed by atoms with Crippen molar-refractivity contribution in [1.29, 1.82) is 0 Å². The molecule has 0 atom stereocenters. The number of benzene rings is 1. The maximum Gasteiger partial charge on any atom is 0.407 e. The minimum absolute atomic E-state index is 0.303. The molecular weight excluding hydrogens is 282 g/mol. The summed E-state index contributed by atoms with van der Waals surface area (Å²) in [4.78, 5) is 11.4. The van der Waals surface area contributed by atoms with E-state index >= 15 is 0 Å². The van der Waals surface area contributed by atoms with Crippen molar-refractivity contribution >= 4 is 17.7 Å².